The molecule has 1 aliphatic heterocycles. The minimum absolute atomic E-state index is 0. The van der Waals surface area contributed by atoms with E-state index in [9.17, 15) is 4.79 Å². The summed E-state index contributed by atoms with van der Waals surface area (Å²) in [6, 6.07) is 7.20. The molecule has 0 aromatic heterocycles. The standard InChI is InChI=1S/C11H14N2O2.ClH/c12-8-4-1-2-5-9(8)13-11(14)10-6-3-7-15-10;/h1-2,4-5,10H,3,6-7,12H2,(H,13,14);1H/t10-;/m1./s1. The number of hydrogen-bond acceptors (Lipinski definition) is 3. The van der Waals surface area contributed by atoms with Crippen LogP contribution in [0, 0.1) is 0 Å². The van der Waals surface area contributed by atoms with E-state index in [1.165, 1.54) is 0 Å². The van der Waals surface area contributed by atoms with Crippen molar-refractivity contribution in [2.75, 3.05) is 17.7 Å². The van der Waals surface area contributed by atoms with E-state index in [0.717, 1.165) is 12.8 Å². The highest BCUT2D eigenvalue weighted by Gasteiger charge is 2.23. The third-order valence-corrected chi connectivity index (χ3v) is 2.44. The summed E-state index contributed by atoms with van der Waals surface area (Å²) in [6.07, 6.45) is 1.42. The molecule has 1 atom stereocenters. The summed E-state index contributed by atoms with van der Waals surface area (Å²) in [7, 11) is 0. The number of para-hydroxylation sites is 2. The van der Waals surface area contributed by atoms with E-state index in [4.69, 9.17) is 10.5 Å². The first-order valence-corrected chi connectivity index (χ1v) is 5.04. The Morgan fingerprint density at radius 2 is 2.19 bits per heavy atom. The van der Waals surface area contributed by atoms with Gasteiger partial charge in [0.1, 0.15) is 6.10 Å². The molecular formula is C11H15ClN2O2. The first-order chi connectivity index (χ1) is 7.27. The van der Waals surface area contributed by atoms with Crippen LogP contribution in [-0.4, -0.2) is 18.6 Å². The fourth-order valence-electron chi connectivity index (χ4n) is 1.61. The number of amides is 1. The van der Waals surface area contributed by atoms with Crippen LogP contribution < -0.4 is 11.1 Å². The lowest BCUT2D eigenvalue weighted by Crippen LogP contribution is -2.27. The zero-order valence-electron chi connectivity index (χ0n) is 8.81. The van der Waals surface area contributed by atoms with Crippen molar-refractivity contribution in [2.24, 2.45) is 0 Å². The fraction of sp³-hybridized carbons (Fsp3) is 0.364. The van der Waals surface area contributed by atoms with Gasteiger partial charge in [-0.3, -0.25) is 4.79 Å². The first-order valence-electron chi connectivity index (χ1n) is 5.04. The summed E-state index contributed by atoms with van der Waals surface area (Å²) < 4.78 is 5.27. The number of ether oxygens (including phenoxy) is 1. The van der Waals surface area contributed by atoms with Gasteiger partial charge in [0, 0.05) is 6.61 Å². The molecule has 2 rings (SSSR count). The first kappa shape index (κ1) is 12.8. The van der Waals surface area contributed by atoms with Gasteiger partial charge in [0.2, 0.25) is 0 Å². The van der Waals surface area contributed by atoms with Crippen LogP contribution in [0.5, 0.6) is 0 Å². The second-order valence-corrected chi connectivity index (χ2v) is 3.58. The lowest BCUT2D eigenvalue weighted by Gasteiger charge is -2.11. The molecule has 1 saturated heterocycles. The third kappa shape index (κ3) is 2.87. The maximum atomic E-state index is 11.7. The lowest BCUT2D eigenvalue weighted by atomic mass is 10.2. The van der Waals surface area contributed by atoms with Crippen LogP contribution in [0.3, 0.4) is 0 Å². The highest BCUT2D eigenvalue weighted by Crippen LogP contribution is 2.19. The van der Waals surface area contributed by atoms with Crippen molar-refractivity contribution in [2.45, 2.75) is 18.9 Å². The Bertz CT molecular complexity index is 365. The minimum atomic E-state index is -0.315. The van der Waals surface area contributed by atoms with Gasteiger partial charge < -0.3 is 15.8 Å². The summed E-state index contributed by atoms with van der Waals surface area (Å²) in [5.41, 5.74) is 6.94. The molecule has 1 amide bonds. The molecule has 0 unspecified atom stereocenters. The lowest BCUT2D eigenvalue weighted by molar-refractivity contribution is -0.124. The molecule has 1 fully saturated rings. The summed E-state index contributed by atoms with van der Waals surface area (Å²) in [4.78, 5) is 11.7. The molecule has 0 radical (unpaired) electrons. The Labute approximate surface area is 101 Å². The maximum absolute atomic E-state index is 11.7. The number of nitrogens with two attached hydrogens (primary N) is 1. The molecule has 1 heterocycles. The predicted molar refractivity (Wildman–Crippen MR) is 65.7 cm³/mol. The Morgan fingerprint density at radius 3 is 2.81 bits per heavy atom. The van der Waals surface area contributed by atoms with Gasteiger partial charge in [0.05, 0.1) is 11.4 Å². The summed E-state index contributed by atoms with van der Waals surface area (Å²) in [5, 5.41) is 2.76. The molecule has 1 aliphatic rings. The van der Waals surface area contributed by atoms with Crippen LogP contribution in [0.4, 0.5) is 11.4 Å². The summed E-state index contributed by atoms with van der Waals surface area (Å²) >= 11 is 0. The number of halogens is 1. The molecule has 3 N–H and O–H groups in total. The van der Waals surface area contributed by atoms with E-state index in [-0.39, 0.29) is 24.4 Å². The molecule has 1 aromatic rings. The van der Waals surface area contributed by atoms with Crippen LogP contribution in [0.1, 0.15) is 12.8 Å². The van der Waals surface area contributed by atoms with Crippen molar-refractivity contribution >= 4 is 29.7 Å². The molecule has 0 saturated carbocycles. The topological polar surface area (TPSA) is 64.3 Å². The number of rotatable bonds is 2. The van der Waals surface area contributed by atoms with Crippen molar-refractivity contribution in [3.05, 3.63) is 24.3 Å². The second kappa shape index (κ2) is 5.72. The molecule has 88 valence electrons. The van der Waals surface area contributed by atoms with Gasteiger partial charge in [-0.1, -0.05) is 12.1 Å². The number of hydrogen-bond donors (Lipinski definition) is 2. The predicted octanol–water partition coefficient (Wildman–Crippen LogP) is 1.81. The van der Waals surface area contributed by atoms with Gasteiger partial charge in [-0.15, -0.1) is 12.4 Å². The van der Waals surface area contributed by atoms with E-state index >= 15 is 0 Å². The number of benzene rings is 1. The number of carbonyl (C=O) groups excluding carboxylic acids is 1. The molecule has 5 heteroatoms. The van der Waals surface area contributed by atoms with Gasteiger partial charge in [0.25, 0.3) is 5.91 Å². The molecule has 0 aliphatic carbocycles. The molecule has 16 heavy (non-hydrogen) atoms. The minimum Gasteiger partial charge on any atom is -0.397 e. The van der Waals surface area contributed by atoms with Crippen molar-refractivity contribution in [1.82, 2.24) is 0 Å². The van der Waals surface area contributed by atoms with Crippen LogP contribution in [0.15, 0.2) is 24.3 Å². The smallest absolute Gasteiger partial charge is 0.253 e. The number of anilines is 2. The van der Waals surface area contributed by atoms with Gasteiger partial charge in [-0.25, -0.2) is 0 Å². The monoisotopic (exact) mass is 242 g/mol. The average Bonchev–Trinajstić information content (AvgIpc) is 2.74. The number of carbonyl (C=O) groups is 1. The van der Waals surface area contributed by atoms with Crippen molar-refractivity contribution in [3.8, 4) is 0 Å². The molecule has 4 nitrogen and oxygen atoms in total. The third-order valence-electron chi connectivity index (χ3n) is 2.44. The van der Waals surface area contributed by atoms with E-state index in [1.807, 2.05) is 12.1 Å². The zero-order valence-corrected chi connectivity index (χ0v) is 9.63. The Morgan fingerprint density at radius 1 is 1.44 bits per heavy atom. The van der Waals surface area contributed by atoms with E-state index in [1.54, 1.807) is 12.1 Å². The van der Waals surface area contributed by atoms with Crippen LogP contribution in [-0.2, 0) is 9.53 Å². The maximum Gasteiger partial charge on any atom is 0.253 e. The number of nitrogen functional groups attached to an aromatic ring is 1. The van der Waals surface area contributed by atoms with E-state index in [0.29, 0.717) is 18.0 Å². The normalized spacial score (nSPS) is 18.9. The Hall–Kier alpha value is -1.26. The molecular weight excluding hydrogens is 228 g/mol. The Kier molecular flexibility index (Phi) is 4.58. The molecule has 1 aromatic carbocycles. The van der Waals surface area contributed by atoms with Crippen molar-refractivity contribution in [1.29, 1.82) is 0 Å². The second-order valence-electron chi connectivity index (χ2n) is 3.58. The summed E-state index contributed by atoms with van der Waals surface area (Å²) in [5.74, 6) is -0.106. The molecule has 0 bridgehead atoms. The van der Waals surface area contributed by atoms with Gasteiger partial charge in [-0.2, -0.15) is 0 Å². The quantitative estimate of drug-likeness (QED) is 0.778. The van der Waals surface area contributed by atoms with Crippen molar-refractivity contribution in [3.63, 3.8) is 0 Å². The highest BCUT2D eigenvalue weighted by molar-refractivity contribution is 5.96. The summed E-state index contributed by atoms with van der Waals surface area (Å²) in [6.45, 7) is 0.669. The van der Waals surface area contributed by atoms with Crippen molar-refractivity contribution < 1.29 is 9.53 Å². The van der Waals surface area contributed by atoms with Crippen LogP contribution >= 0.6 is 12.4 Å². The number of nitrogens with one attached hydrogen (secondary N) is 1. The average molecular weight is 243 g/mol. The van der Waals surface area contributed by atoms with Crippen LogP contribution in [0.25, 0.3) is 0 Å². The largest absolute Gasteiger partial charge is 0.397 e. The van der Waals surface area contributed by atoms with Gasteiger partial charge in [-0.05, 0) is 25.0 Å². The van der Waals surface area contributed by atoms with E-state index in [2.05, 4.69) is 5.32 Å². The fourth-order valence-corrected chi connectivity index (χ4v) is 1.61. The van der Waals surface area contributed by atoms with Gasteiger partial charge >= 0.3 is 0 Å². The Balaban J connectivity index is 0.00000128. The molecule has 0 spiro atoms. The van der Waals surface area contributed by atoms with Crippen LogP contribution in [0.2, 0.25) is 0 Å². The highest BCUT2D eigenvalue weighted by atomic mass is 35.5. The zero-order chi connectivity index (χ0) is 10.7. The SMILES string of the molecule is Cl.Nc1ccccc1NC(=O)[C@H]1CCCO1. The van der Waals surface area contributed by atoms with Gasteiger partial charge in [0.15, 0.2) is 0 Å². The van der Waals surface area contributed by atoms with E-state index < -0.39 is 0 Å².